The van der Waals surface area contributed by atoms with E-state index in [1.165, 1.54) is 12.7 Å². The molecule has 2 fully saturated rings. The minimum atomic E-state index is -0.656. The molecule has 4 heteroatoms. The fraction of sp³-hybridized carbons (Fsp3) is 0.714. The molecule has 0 saturated heterocycles. The summed E-state index contributed by atoms with van der Waals surface area (Å²) in [6.45, 7) is 10.5. The van der Waals surface area contributed by atoms with E-state index < -0.39 is 11.4 Å². The molecule has 2 aliphatic rings. The molecule has 0 aromatic rings. The fourth-order valence-electron chi connectivity index (χ4n) is 5.44. The molecule has 0 aromatic carbocycles. The van der Waals surface area contributed by atoms with Crippen LogP contribution in [0.15, 0.2) is 23.8 Å². The molecular formula is C21H32O4. The van der Waals surface area contributed by atoms with Crippen molar-refractivity contribution in [3.63, 3.8) is 0 Å². The molecule has 4 atom stereocenters. The molecule has 0 heterocycles. The van der Waals surface area contributed by atoms with E-state index in [2.05, 4.69) is 13.5 Å². The number of aliphatic carboxylic acids is 1. The van der Waals surface area contributed by atoms with Gasteiger partial charge in [0.05, 0.1) is 12.5 Å². The summed E-state index contributed by atoms with van der Waals surface area (Å²) in [5.74, 6) is -0.477. The normalized spacial score (nSPS) is 35.8. The Morgan fingerprint density at radius 3 is 2.64 bits per heavy atom. The number of esters is 1. The van der Waals surface area contributed by atoms with E-state index in [1.54, 1.807) is 6.08 Å². The standard InChI is InChI=1S/C21H32O4/c1-14(13-18(22)25-5)7-9-16-15(2)8-10-17-20(16,3)11-6-12-21(17,4)19(23)24/h13,16-17H,2,6-12H2,1,3-5H3,(H,23,24)/b14-13-/t16-,17+,20+,21-/m0/s1. The van der Waals surface area contributed by atoms with Gasteiger partial charge in [0.1, 0.15) is 0 Å². The monoisotopic (exact) mass is 348 g/mol. The highest BCUT2D eigenvalue weighted by molar-refractivity contribution is 5.82. The Balaban J connectivity index is 2.22. The molecule has 25 heavy (non-hydrogen) atoms. The van der Waals surface area contributed by atoms with Crippen molar-refractivity contribution in [3.8, 4) is 0 Å². The van der Waals surface area contributed by atoms with Crippen LogP contribution in [0.25, 0.3) is 0 Å². The van der Waals surface area contributed by atoms with Crippen LogP contribution < -0.4 is 0 Å². The van der Waals surface area contributed by atoms with Crippen LogP contribution in [0.1, 0.15) is 65.7 Å². The summed E-state index contributed by atoms with van der Waals surface area (Å²) in [6, 6.07) is 0. The van der Waals surface area contributed by atoms with Crippen molar-refractivity contribution in [2.24, 2.45) is 22.7 Å². The maximum atomic E-state index is 12.0. The average Bonchev–Trinajstić information content (AvgIpc) is 2.53. The van der Waals surface area contributed by atoms with Gasteiger partial charge in [-0.15, -0.1) is 0 Å². The first kappa shape index (κ1) is 19.7. The van der Waals surface area contributed by atoms with Crippen molar-refractivity contribution >= 4 is 11.9 Å². The van der Waals surface area contributed by atoms with Crippen molar-refractivity contribution in [2.75, 3.05) is 7.11 Å². The maximum absolute atomic E-state index is 12.0. The molecule has 0 amide bonds. The topological polar surface area (TPSA) is 63.6 Å². The summed E-state index contributed by atoms with van der Waals surface area (Å²) in [5, 5.41) is 9.86. The Bertz CT molecular complexity index is 591. The maximum Gasteiger partial charge on any atom is 0.330 e. The van der Waals surface area contributed by atoms with Crippen LogP contribution in [0.2, 0.25) is 0 Å². The van der Waals surface area contributed by atoms with E-state index in [0.29, 0.717) is 5.92 Å². The van der Waals surface area contributed by atoms with Crippen LogP contribution in [0.5, 0.6) is 0 Å². The summed E-state index contributed by atoms with van der Waals surface area (Å²) >= 11 is 0. The zero-order valence-corrected chi connectivity index (χ0v) is 16.1. The van der Waals surface area contributed by atoms with Gasteiger partial charge in [0.2, 0.25) is 0 Å². The fourth-order valence-corrected chi connectivity index (χ4v) is 5.44. The number of fused-ring (bicyclic) bond motifs is 1. The number of hydrogen-bond acceptors (Lipinski definition) is 3. The SMILES string of the molecule is C=C1CC[C@@H]2[C@](C)(CCC[C@]2(C)C(=O)O)[C@H]1CC/C(C)=C\C(=O)OC. The van der Waals surface area contributed by atoms with Crippen molar-refractivity contribution in [1.29, 1.82) is 0 Å². The largest absolute Gasteiger partial charge is 0.481 e. The summed E-state index contributed by atoms with van der Waals surface area (Å²) < 4.78 is 4.70. The molecule has 0 bridgehead atoms. The number of carboxylic acids is 1. The predicted octanol–water partition coefficient (Wildman–Crippen LogP) is 4.75. The summed E-state index contributed by atoms with van der Waals surface area (Å²) in [7, 11) is 1.38. The van der Waals surface area contributed by atoms with Gasteiger partial charge in [0.25, 0.3) is 0 Å². The van der Waals surface area contributed by atoms with Crippen LogP contribution in [-0.2, 0) is 14.3 Å². The first-order valence-electron chi connectivity index (χ1n) is 9.31. The van der Waals surface area contributed by atoms with E-state index in [9.17, 15) is 14.7 Å². The Morgan fingerprint density at radius 2 is 2.04 bits per heavy atom. The molecule has 2 aliphatic carbocycles. The van der Waals surface area contributed by atoms with Crippen LogP contribution in [-0.4, -0.2) is 24.2 Å². The van der Waals surface area contributed by atoms with Gasteiger partial charge in [0, 0.05) is 6.08 Å². The van der Waals surface area contributed by atoms with E-state index in [-0.39, 0.29) is 17.3 Å². The molecule has 0 aliphatic heterocycles. The van der Waals surface area contributed by atoms with Gasteiger partial charge < -0.3 is 9.84 Å². The molecule has 1 N–H and O–H groups in total. The van der Waals surface area contributed by atoms with E-state index in [1.807, 2.05) is 13.8 Å². The van der Waals surface area contributed by atoms with E-state index >= 15 is 0 Å². The van der Waals surface area contributed by atoms with Crippen LogP contribution in [0, 0.1) is 22.7 Å². The highest BCUT2D eigenvalue weighted by Gasteiger charge is 2.57. The lowest BCUT2D eigenvalue weighted by Gasteiger charge is -2.57. The molecule has 0 unspecified atom stereocenters. The van der Waals surface area contributed by atoms with E-state index in [4.69, 9.17) is 4.74 Å². The third-order valence-electron chi connectivity index (χ3n) is 6.90. The molecule has 4 nitrogen and oxygen atoms in total. The number of carbonyl (C=O) groups excluding carboxylic acids is 1. The van der Waals surface area contributed by atoms with Crippen molar-refractivity contribution in [1.82, 2.24) is 0 Å². The third-order valence-corrected chi connectivity index (χ3v) is 6.90. The van der Waals surface area contributed by atoms with Gasteiger partial charge in [-0.05, 0) is 69.6 Å². The quantitative estimate of drug-likeness (QED) is 0.442. The van der Waals surface area contributed by atoms with Crippen LogP contribution in [0.3, 0.4) is 0 Å². The lowest BCUT2D eigenvalue weighted by Crippen LogP contribution is -2.53. The van der Waals surface area contributed by atoms with Gasteiger partial charge >= 0.3 is 11.9 Å². The molecule has 2 saturated carbocycles. The molecule has 0 radical (unpaired) electrons. The molecular weight excluding hydrogens is 316 g/mol. The smallest absolute Gasteiger partial charge is 0.330 e. The lowest BCUT2D eigenvalue weighted by molar-refractivity contribution is -0.164. The van der Waals surface area contributed by atoms with Gasteiger partial charge in [-0.3, -0.25) is 4.79 Å². The van der Waals surface area contributed by atoms with Crippen LogP contribution in [0.4, 0.5) is 0 Å². The zero-order valence-electron chi connectivity index (χ0n) is 16.1. The number of carboxylic acid groups (broad SMARTS) is 1. The minimum absolute atomic E-state index is 0.0216. The van der Waals surface area contributed by atoms with Crippen LogP contribution >= 0.6 is 0 Å². The molecule has 0 spiro atoms. The average molecular weight is 348 g/mol. The number of carbonyl (C=O) groups is 2. The number of allylic oxidation sites excluding steroid dienone is 2. The first-order valence-corrected chi connectivity index (χ1v) is 9.31. The second kappa shape index (κ2) is 7.35. The Labute approximate surface area is 151 Å². The van der Waals surface area contributed by atoms with Gasteiger partial charge in [0.15, 0.2) is 0 Å². The van der Waals surface area contributed by atoms with Crippen molar-refractivity contribution in [2.45, 2.75) is 65.7 Å². The summed E-state index contributed by atoms with van der Waals surface area (Å²) in [4.78, 5) is 23.4. The summed E-state index contributed by atoms with van der Waals surface area (Å²) in [5.41, 5.74) is 1.59. The summed E-state index contributed by atoms with van der Waals surface area (Å²) in [6.07, 6.45) is 7.89. The van der Waals surface area contributed by atoms with Gasteiger partial charge in [-0.1, -0.05) is 31.1 Å². The second-order valence-corrected chi connectivity index (χ2v) is 8.44. The number of rotatable bonds is 5. The Morgan fingerprint density at radius 1 is 1.36 bits per heavy atom. The highest BCUT2D eigenvalue weighted by atomic mass is 16.5. The number of methoxy groups -OCH3 is 1. The molecule has 0 aromatic heterocycles. The second-order valence-electron chi connectivity index (χ2n) is 8.44. The third kappa shape index (κ3) is 3.68. The van der Waals surface area contributed by atoms with Crippen molar-refractivity contribution < 1.29 is 19.4 Å². The lowest BCUT2D eigenvalue weighted by atomic mass is 9.46. The number of hydrogen-bond donors (Lipinski definition) is 1. The molecule has 2 rings (SSSR count). The Hall–Kier alpha value is -1.58. The highest BCUT2D eigenvalue weighted by Crippen LogP contribution is 2.62. The predicted molar refractivity (Wildman–Crippen MR) is 98.1 cm³/mol. The van der Waals surface area contributed by atoms with Gasteiger partial charge in [-0.25, -0.2) is 4.79 Å². The van der Waals surface area contributed by atoms with Crippen molar-refractivity contribution in [3.05, 3.63) is 23.8 Å². The number of ether oxygens (including phenoxy) is 1. The first-order chi connectivity index (χ1) is 11.6. The van der Waals surface area contributed by atoms with E-state index in [0.717, 1.165) is 50.5 Å². The minimum Gasteiger partial charge on any atom is -0.481 e. The zero-order chi connectivity index (χ0) is 18.8. The van der Waals surface area contributed by atoms with Gasteiger partial charge in [-0.2, -0.15) is 0 Å². The Kier molecular flexibility index (Phi) is 5.80. The molecule has 140 valence electrons.